The van der Waals surface area contributed by atoms with Gasteiger partial charge in [0.15, 0.2) is 0 Å². The minimum absolute atomic E-state index is 0.143. The van der Waals surface area contributed by atoms with Crippen molar-refractivity contribution >= 4 is 27.3 Å². The van der Waals surface area contributed by atoms with E-state index in [0.29, 0.717) is 16.8 Å². The number of carbonyl (C=O) groups excluding carboxylic acids is 1. The molecule has 0 bridgehead atoms. The number of alkyl halides is 3. The summed E-state index contributed by atoms with van der Waals surface area (Å²) in [5.74, 6) is -0.351. The number of amides is 1. The molecule has 0 fully saturated rings. The molecule has 0 atom stereocenters. The fraction of sp³-hybridized carbons (Fsp3) is 0.0952. The molecule has 1 amide bonds. The number of aryl methyl sites for hydroxylation is 1. The zero-order valence-corrected chi connectivity index (χ0v) is 16.5. The van der Waals surface area contributed by atoms with Crippen molar-refractivity contribution in [2.24, 2.45) is 0 Å². The molecule has 30 heavy (non-hydrogen) atoms. The Balaban J connectivity index is 1.81. The van der Waals surface area contributed by atoms with Gasteiger partial charge in [-0.05, 0) is 61.0 Å². The molecule has 0 saturated heterocycles. The second-order valence-electron chi connectivity index (χ2n) is 6.48. The van der Waals surface area contributed by atoms with Crippen molar-refractivity contribution in [1.29, 1.82) is 0 Å². The number of rotatable bonds is 5. The third-order valence-corrected chi connectivity index (χ3v) is 5.61. The van der Waals surface area contributed by atoms with E-state index in [1.165, 1.54) is 24.3 Å². The second kappa shape index (κ2) is 8.19. The van der Waals surface area contributed by atoms with Crippen molar-refractivity contribution in [3.05, 3.63) is 89.5 Å². The van der Waals surface area contributed by atoms with Gasteiger partial charge in [0.2, 0.25) is 0 Å². The molecule has 0 aromatic heterocycles. The molecule has 0 spiro atoms. The van der Waals surface area contributed by atoms with E-state index < -0.39 is 21.8 Å². The smallest absolute Gasteiger partial charge is 0.322 e. The van der Waals surface area contributed by atoms with Crippen molar-refractivity contribution in [3.63, 3.8) is 0 Å². The Morgan fingerprint density at radius 3 is 2.23 bits per heavy atom. The van der Waals surface area contributed by atoms with E-state index in [1.807, 2.05) is 0 Å². The Hall–Kier alpha value is -3.33. The van der Waals surface area contributed by atoms with Crippen LogP contribution in [-0.4, -0.2) is 14.3 Å². The van der Waals surface area contributed by atoms with Crippen molar-refractivity contribution in [3.8, 4) is 0 Å². The molecular formula is C21H17F3N2O3S. The molecule has 2 N–H and O–H groups in total. The third-order valence-electron chi connectivity index (χ3n) is 4.23. The SMILES string of the molecule is Cc1cc(S(=O)(=O)Nc2cccc(C(F)(F)F)c2)ccc1NC(=O)c1ccccc1. The summed E-state index contributed by atoms with van der Waals surface area (Å²) in [7, 11) is -4.13. The first-order valence-electron chi connectivity index (χ1n) is 8.73. The molecule has 3 aromatic rings. The Morgan fingerprint density at radius 2 is 1.60 bits per heavy atom. The normalized spacial score (nSPS) is 11.7. The zero-order valence-electron chi connectivity index (χ0n) is 15.7. The lowest BCUT2D eigenvalue weighted by atomic mass is 10.1. The van der Waals surface area contributed by atoms with Crippen LogP contribution in [0, 0.1) is 6.92 Å². The van der Waals surface area contributed by atoms with Crippen LogP contribution in [0.25, 0.3) is 0 Å². The predicted molar refractivity (Wildman–Crippen MR) is 108 cm³/mol. The molecule has 0 saturated carbocycles. The van der Waals surface area contributed by atoms with Gasteiger partial charge in [-0.3, -0.25) is 9.52 Å². The standard InChI is InChI=1S/C21H17F3N2O3S/c1-14-12-18(10-11-19(14)25-20(27)15-6-3-2-4-7-15)30(28,29)26-17-9-5-8-16(13-17)21(22,23)24/h2-13,26H,1H3,(H,25,27). The number of hydrogen-bond donors (Lipinski definition) is 2. The number of carbonyl (C=O) groups is 1. The average molecular weight is 434 g/mol. The summed E-state index contributed by atoms with van der Waals surface area (Å²) in [4.78, 5) is 12.1. The minimum Gasteiger partial charge on any atom is -0.322 e. The van der Waals surface area contributed by atoms with E-state index >= 15 is 0 Å². The molecule has 5 nitrogen and oxygen atoms in total. The van der Waals surface area contributed by atoms with E-state index in [1.54, 1.807) is 37.3 Å². The molecule has 0 aliphatic carbocycles. The Morgan fingerprint density at radius 1 is 0.900 bits per heavy atom. The lowest BCUT2D eigenvalue weighted by molar-refractivity contribution is -0.137. The van der Waals surface area contributed by atoms with Crippen molar-refractivity contribution in [2.75, 3.05) is 10.0 Å². The first-order valence-corrected chi connectivity index (χ1v) is 10.2. The number of benzene rings is 3. The maximum Gasteiger partial charge on any atom is 0.416 e. The number of nitrogens with one attached hydrogen (secondary N) is 2. The number of halogens is 3. The summed E-state index contributed by atoms with van der Waals surface area (Å²) >= 11 is 0. The second-order valence-corrected chi connectivity index (χ2v) is 8.16. The van der Waals surface area contributed by atoms with Crippen LogP contribution in [-0.2, 0) is 16.2 Å². The van der Waals surface area contributed by atoms with Gasteiger partial charge in [0.1, 0.15) is 0 Å². The fourth-order valence-electron chi connectivity index (χ4n) is 2.70. The summed E-state index contributed by atoms with van der Waals surface area (Å²) in [5, 5.41) is 2.70. The highest BCUT2D eigenvalue weighted by Crippen LogP contribution is 2.31. The van der Waals surface area contributed by atoms with Crippen LogP contribution in [0.3, 0.4) is 0 Å². The number of anilines is 2. The quantitative estimate of drug-likeness (QED) is 0.589. The van der Waals surface area contributed by atoms with Gasteiger partial charge in [-0.15, -0.1) is 0 Å². The lowest BCUT2D eigenvalue weighted by Gasteiger charge is -2.13. The largest absolute Gasteiger partial charge is 0.416 e. The van der Waals surface area contributed by atoms with Gasteiger partial charge in [0.05, 0.1) is 10.5 Å². The van der Waals surface area contributed by atoms with Crippen LogP contribution in [0.1, 0.15) is 21.5 Å². The Kier molecular flexibility index (Phi) is 5.84. The first-order chi connectivity index (χ1) is 14.1. The van der Waals surface area contributed by atoms with Crippen molar-refractivity contribution < 1.29 is 26.4 Å². The van der Waals surface area contributed by atoms with Gasteiger partial charge in [-0.2, -0.15) is 13.2 Å². The molecule has 0 unspecified atom stereocenters. The summed E-state index contributed by atoms with van der Waals surface area (Å²) in [6, 6.07) is 16.4. The molecular weight excluding hydrogens is 417 g/mol. The van der Waals surface area contributed by atoms with Gasteiger partial charge in [-0.25, -0.2) is 8.42 Å². The molecule has 156 valence electrons. The summed E-state index contributed by atoms with van der Waals surface area (Å²) in [5.41, 5.74) is 0.176. The highest BCUT2D eigenvalue weighted by Gasteiger charge is 2.30. The monoisotopic (exact) mass is 434 g/mol. The highest BCUT2D eigenvalue weighted by molar-refractivity contribution is 7.92. The minimum atomic E-state index is -4.59. The van der Waals surface area contributed by atoms with Crippen LogP contribution in [0.2, 0.25) is 0 Å². The number of hydrogen-bond acceptors (Lipinski definition) is 3. The van der Waals surface area contributed by atoms with Gasteiger partial charge in [0.25, 0.3) is 15.9 Å². The van der Waals surface area contributed by atoms with Crippen LogP contribution < -0.4 is 10.0 Å². The summed E-state index contributed by atoms with van der Waals surface area (Å²) in [6.45, 7) is 1.61. The van der Waals surface area contributed by atoms with Gasteiger partial charge in [-0.1, -0.05) is 24.3 Å². The molecule has 0 aliphatic rings. The molecule has 9 heteroatoms. The van der Waals surface area contributed by atoms with Crippen LogP contribution in [0.4, 0.5) is 24.5 Å². The van der Waals surface area contributed by atoms with Gasteiger partial charge >= 0.3 is 6.18 Å². The van der Waals surface area contributed by atoms with Crippen LogP contribution in [0.5, 0.6) is 0 Å². The summed E-state index contributed by atoms with van der Waals surface area (Å²) in [6.07, 6.45) is -4.59. The van der Waals surface area contributed by atoms with Gasteiger partial charge < -0.3 is 5.32 Å². The topological polar surface area (TPSA) is 75.3 Å². The van der Waals surface area contributed by atoms with E-state index in [-0.39, 0.29) is 16.5 Å². The molecule has 0 aliphatic heterocycles. The Labute approximate surface area is 171 Å². The zero-order chi connectivity index (χ0) is 21.9. The Bertz CT molecular complexity index is 1180. The number of sulfonamides is 1. The van der Waals surface area contributed by atoms with Crippen LogP contribution in [0.15, 0.2) is 77.7 Å². The predicted octanol–water partition coefficient (Wildman–Crippen LogP) is 5.07. The van der Waals surface area contributed by atoms with Crippen molar-refractivity contribution in [2.45, 2.75) is 18.0 Å². The van der Waals surface area contributed by atoms with E-state index in [0.717, 1.165) is 18.2 Å². The molecule has 0 heterocycles. The molecule has 0 radical (unpaired) electrons. The maximum atomic E-state index is 12.8. The third kappa shape index (κ3) is 4.98. The van der Waals surface area contributed by atoms with E-state index in [9.17, 15) is 26.4 Å². The van der Waals surface area contributed by atoms with E-state index in [4.69, 9.17) is 0 Å². The lowest BCUT2D eigenvalue weighted by Crippen LogP contribution is -2.15. The highest BCUT2D eigenvalue weighted by atomic mass is 32.2. The molecule has 3 aromatic carbocycles. The van der Waals surface area contributed by atoms with E-state index in [2.05, 4.69) is 10.0 Å². The maximum absolute atomic E-state index is 12.8. The van der Waals surface area contributed by atoms with Crippen LogP contribution >= 0.6 is 0 Å². The first kappa shape index (κ1) is 21.4. The fourth-order valence-corrected chi connectivity index (χ4v) is 3.83. The average Bonchev–Trinajstić information content (AvgIpc) is 2.69. The summed E-state index contributed by atoms with van der Waals surface area (Å²) < 4.78 is 65.8. The van der Waals surface area contributed by atoms with Gasteiger partial charge in [0, 0.05) is 16.9 Å². The molecule has 3 rings (SSSR count). The van der Waals surface area contributed by atoms with Crippen molar-refractivity contribution in [1.82, 2.24) is 0 Å².